The van der Waals surface area contributed by atoms with Crippen molar-refractivity contribution in [2.24, 2.45) is 0 Å². The number of carbonyl (C=O) groups is 1. The molecule has 0 amide bonds. The van der Waals surface area contributed by atoms with E-state index in [1.54, 1.807) is 0 Å². The van der Waals surface area contributed by atoms with Crippen LogP contribution in [-0.4, -0.2) is 21.7 Å². The molecule has 0 aliphatic heterocycles. The van der Waals surface area contributed by atoms with Gasteiger partial charge in [0.15, 0.2) is 5.78 Å². The maximum absolute atomic E-state index is 12.1. The molecule has 21 heavy (non-hydrogen) atoms. The van der Waals surface area contributed by atoms with Crippen LogP contribution in [0.25, 0.3) is 0 Å². The lowest BCUT2D eigenvalue weighted by molar-refractivity contribution is 0.102. The van der Waals surface area contributed by atoms with Crippen molar-refractivity contribution in [3.63, 3.8) is 0 Å². The number of aromatic nitrogens is 2. The van der Waals surface area contributed by atoms with Gasteiger partial charge in [0.25, 0.3) is 5.22 Å². The molecule has 5 heteroatoms. The van der Waals surface area contributed by atoms with Crippen molar-refractivity contribution in [1.82, 2.24) is 10.2 Å². The molecule has 0 bridgehead atoms. The Bertz CT molecular complexity index is 612. The third-order valence-electron chi connectivity index (χ3n) is 3.15. The number of rotatable bonds is 5. The van der Waals surface area contributed by atoms with Crippen LogP contribution in [0.1, 0.15) is 49.5 Å². The molecule has 2 aromatic rings. The first-order chi connectivity index (χ1) is 9.90. The third-order valence-corrected chi connectivity index (χ3v) is 3.97. The van der Waals surface area contributed by atoms with Gasteiger partial charge in [-0.3, -0.25) is 4.79 Å². The van der Waals surface area contributed by atoms with Crippen LogP contribution in [-0.2, 0) is 11.8 Å². The van der Waals surface area contributed by atoms with Gasteiger partial charge < -0.3 is 4.42 Å². The lowest BCUT2D eigenvalue weighted by Crippen LogP contribution is -2.11. The van der Waals surface area contributed by atoms with Crippen LogP contribution in [0.3, 0.4) is 0 Å². The van der Waals surface area contributed by atoms with Gasteiger partial charge in [0.2, 0.25) is 5.89 Å². The molecular weight excluding hydrogens is 284 g/mol. The zero-order valence-electron chi connectivity index (χ0n) is 12.8. The summed E-state index contributed by atoms with van der Waals surface area (Å²) in [5.74, 6) is 0.969. The number of thioether (sulfide) groups is 1. The van der Waals surface area contributed by atoms with E-state index in [0.29, 0.717) is 28.9 Å². The van der Waals surface area contributed by atoms with E-state index in [-0.39, 0.29) is 11.2 Å². The molecule has 0 saturated carbocycles. The summed E-state index contributed by atoms with van der Waals surface area (Å²) in [6, 6.07) is 7.79. The smallest absolute Gasteiger partial charge is 0.277 e. The van der Waals surface area contributed by atoms with Crippen LogP contribution in [0, 0.1) is 0 Å². The molecule has 2 rings (SSSR count). The fraction of sp³-hybridized carbons (Fsp3) is 0.438. The van der Waals surface area contributed by atoms with Crippen LogP contribution in [0.5, 0.6) is 0 Å². The Kier molecular flexibility index (Phi) is 4.83. The van der Waals surface area contributed by atoms with E-state index in [1.807, 2.05) is 31.2 Å². The molecule has 1 aromatic carbocycles. The average Bonchev–Trinajstić information content (AvgIpc) is 2.92. The molecule has 4 nitrogen and oxygen atoms in total. The first-order valence-corrected chi connectivity index (χ1v) is 7.97. The third kappa shape index (κ3) is 4.17. The van der Waals surface area contributed by atoms with Gasteiger partial charge in [0, 0.05) is 12.0 Å². The molecule has 1 aromatic heterocycles. The minimum absolute atomic E-state index is 0.0664. The minimum Gasteiger partial charge on any atom is -0.416 e. The first-order valence-electron chi connectivity index (χ1n) is 6.99. The normalized spacial score (nSPS) is 11.6. The second-order valence-electron chi connectivity index (χ2n) is 5.85. The Morgan fingerprint density at radius 1 is 1.19 bits per heavy atom. The molecule has 0 fully saturated rings. The molecule has 112 valence electrons. The molecule has 1 heterocycles. The Labute approximate surface area is 129 Å². The quantitative estimate of drug-likeness (QED) is 0.619. The lowest BCUT2D eigenvalue weighted by atomic mass is 9.86. The van der Waals surface area contributed by atoms with Crippen LogP contribution in [0.2, 0.25) is 0 Å². The monoisotopic (exact) mass is 304 g/mol. The van der Waals surface area contributed by atoms with Gasteiger partial charge in [-0.15, -0.1) is 10.2 Å². The summed E-state index contributed by atoms with van der Waals surface area (Å²) in [5, 5.41) is 8.22. The van der Waals surface area contributed by atoms with Crippen LogP contribution >= 0.6 is 11.8 Å². The van der Waals surface area contributed by atoms with Crippen molar-refractivity contribution in [1.29, 1.82) is 0 Å². The molecule has 0 N–H and O–H groups in total. The lowest BCUT2D eigenvalue weighted by Gasteiger charge is -2.18. The van der Waals surface area contributed by atoms with Gasteiger partial charge in [0.1, 0.15) is 0 Å². The van der Waals surface area contributed by atoms with Gasteiger partial charge in [-0.2, -0.15) is 0 Å². The Morgan fingerprint density at radius 2 is 1.86 bits per heavy atom. The molecule has 0 atom stereocenters. The zero-order chi connectivity index (χ0) is 15.5. The van der Waals surface area contributed by atoms with E-state index >= 15 is 0 Å². The first kappa shape index (κ1) is 15.8. The molecule has 0 spiro atoms. The van der Waals surface area contributed by atoms with Gasteiger partial charge in [-0.25, -0.2) is 0 Å². The number of Topliss-reactive ketones (excluding diaryl/α,β-unsaturated/α-hetero) is 1. The van der Waals surface area contributed by atoms with Crippen molar-refractivity contribution >= 4 is 17.5 Å². The summed E-state index contributed by atoms with van der Waals surface area (Å²) < 4.78 is 5.37. The van der Waals surface area contributed by atoms with Crippen molar-refractivity contribution in [2.75, 3.05) is 5.75 Å². The molecule has 0 saturated heterocycles. The van der Waals surface area contributed by atoms with Crippen LogP contribution in [0.4, 0.5) is 0 Å². The fourth-order valence-electron chi connectivity index (χ4n) is 1.81. The predicted molar refractivity (Wildman–Crippen MR) is 83.9 cm³/mol. The largest absolute Gasteiger partial charge is 0.416 e. The van der Waals surface area contributed by atoms with Crippen molar-refractivity contribution in [3.8, 4) is 0 Å². The standard InChI is InChI=1S/C16H20N2O2S/c1-5-14-17-18-15(20-14)21-10-13(19)11-6-8-12(9-7-11)16(2,3)4/h6-9H,5,10H2,1-4H3. The molecule has 0 aliphatic rings. The van der Waals surface area contributed by atoms with Crippen molar-refractivity contribution in [2.45, 2.75) is 44.8 Å². The second-order valence-corrected chi connectivity index (χ2v) is 6.78. The topological polar surface area (TPSA) is 56.0 Å². The molecule has 0 aliphatic carbocycles. The highest BCUT2D eigenvalue weighted by Gasteiger charge is 2.15. The summed E-state index contributed by atoms with van der Waals surface area (Å²) in [5.41, 5.74) is 2.03. The highest BCUT2D eigenvalue weighted by atomic mass is 32.2. The van der Waals surface area contributed by atoms with Crippen molar-refractivity contribution in [3.05, 3.63) is 41.3 Å². The highest BCUT2D eigenvalue weighted by molar-refractivity contribution is 7.99. The summed E-state index contributed by atoms with van der Waals surface area (Å²) in [6.45, 7) is 8.41. The molecule has 0 unspecified atom stereocenters. The number of benzene rings is 1. The van der Waals surface area contributed by atoms with Gasteiger partial charge in [-0.1, -0.05) is 63.7 Å². The van der Waals surface area contributed by atoms with E-state index in [4.69, 9.17) is 4.42 Å². The Hall–Kier alpha value is -1.62. The number of hydrogen-bond donors (Lipinski definition) is 0. The van der Waals surface area contributed by atoms with Gasteiger partial charge >= 0.3 is 0 Å². The van der Waals surface area contributed by atoms with Crippen LogP contribution in [0.15, 0.2) is 33.9 Å². The highest BCUT2D eigenvalue weighted by Crippen LogP contribution is 2.23. The van der Waals surface area contributed by atoms with Crippen molar-refractivity contribution < 1.29 is 9.21 Å². The average molecular weight is 304 g/mol. The van der Waals surface area contributed by atoms with E-state index in [9.17, 15) is 4.79 Å². The number of aryl methyl sites for hydroxylation is 1. The van der Waals surface area contributed by atoms with E-state index < -0.39 is 0 Å². The summed E-state index contributed by atoms with van der Waals surface area (Å²) in [7, 11) is 0. The number of carbonyl (C=O) groups excluding carboxylic acids is 1. The maximum Gasteiger partial charge on any atom is 0.277 e. The summed E-state index contributed by atoms with van der Waals surface area (Å²) in [6.07, 6.45) is 0.704. The number of ketones is 1. The second kappa shape index (κ2) is 6.43. The summed E-state index contributed by atoms with van der Waals surface area (Å²) in [4.78, 5) is 12.1. The molecule has 0 radical (unpaired) electrons. The van der Waals surface area contributed by atoms with E-state index in [1.165, 1.54) is 17.3 Å². The summed E-state index contributed by atoms with van der Waals surface area (Å²) >= 11 is 1.28. The van der Waals surface area contributed by atoms with E-state index in [0.717, 1.165) is 0 Å². The van der Waals surface area contributed by atoms with E-state index in [2.05, 4.69) is 31.0 Å². The number of hydrogen-bond acceptors (Lipinski definition) is 5. The SMILES string of the molecule is CCc1nnc(SCC(=O)c2ccc(C(C)(C)C)cc2)o1. The molecular formula is C16H20N2O2S. The Balaban J connectivity index is 1.97. The number of nitrogens with zero attached hydrogens (tertiary/aromatic N) is 2. The van der Waals surface area contributed by atoms with Gasteiger partial charge in [-0.05, 0) is 11.0 Å². The Morgan fingerprint density at radius 3 is 2.38 bits per heavy atom. The van der Waals surface area contributed by atoms with Crippen LogP contribution < -0.4 is 0 Å². The maximum atomic E-state index is 12.1. The predicted octanol–water partition coefficient (Wildman–Crippen LogP) is 3.90. The zero-order valence-corrected chi connectivity index (χ0v) is 13.7. The minimum atomic E-state index is 0.0664. The van der Waals surface area contributed by atoms with Gasteiger partial charge in [0.05, 0.1) is 5.75 Å². The fourth-order valence-corrected chi connectivity index (χ4v) is 2.48.